The first-order valence-electron chi connectivity index (χ1n) is 6.73. The van der Waals surface area contributed by atoms with Crippen LogP contribution in [0.2, 0.25) is 0 Å². The van der Waals surface area contributed by atoms with E-state index in [9.17, 15) is 18.7 Å². The number of carbonyl (C=O) groups excluding carboxylic acids is 1. The fourth-order valence-electron chi connectivity index (χ4n) is 2.35. The SMILES string of the molecule is CC(NC(=O)C1CC(O)CN1)c1ccccc1OC(F)F. The number of alkyl halides is 2. The van der Waals surface area contributed by atoms with Crippen molar-refractivity contribution in [2.45, 2.75) is 38.1 Å². The van der Waals surface area contributed by atoms with Crippen molar-refractivity contribution in [3.8, 4) is 5.75 Å². The molecule has 7 heteroatoms. The van der Waals surface area contributed by atoms with Gasteiger partial charge < -0.3 is 20.5 Å². The summed E-state index contributed by atoms with van der Waals surface area (Å²) >= 11 is 0. The first-order chi connectivity index (χ1) is 9.97. The molecule has 3 unspecified atom stereocenters. The number of rotatable bonds is 5. The summed E-state index contributed by atoms with van der Waals surface area (Å²) in [5.41, 5.74) is 0.477. The predicted octanol–water partition coefficient (Wildman–Crippen LogP) is 1.19. The Morgan fingerprint density at radius 1 is 1.48 bits per heavy atom. The molecule has 21 heavy (non-hydrogen) atoms. The van der Waals surface area contributed by atoms with Gasteiger partial charge >= 0.3 is 6.61 Å². The van der Waals surface area contributed by atoms with Gasteiger partial charge in [-0.05, 0) is 19.4 Å². The lowest BCUT2D eigenvalue weighted by Gasteiger charge is -2.20. The van der Waals surface area contributed by atoms with E-state index in [0.717, 1.165) is 0 Å². The number of β-amino-alcohol motifs (C(OH)–C–C–N with tert-alkyl or cyclic N) is 1. The van der Waals surface area contributed by atoms with Crippen LogP contribution < -0.4 is 15.4 Å². The highest BCUT2D eigenvalue weighted by molar-refractivity contribution is 5.82. The van der Waals surface area contributed by atoms with Crippen molar-refractivity contribution >= 4 is 5.91 Å². The summed E-state index contributed by atoms with van der Waals surface area (Å²) in [6.07, 6.45) is -0.196. The highest BCUT2D eigenvalue weighted by Crippen LogP contribution is 2.26. The maximum absolute atomic E-state index is 12.4. The van der Waals surface area contributed by atoms with Gasteiger partial charge in [0.1, 0.15) is 5.75 Å². The quantitative estimate of drug-likeness (QED) is 0.764. The summed E-state index contributed by atoms with van der Waals surface area (Å²) in [6, 6.07) is 5.39. The van der Waals surface area contributed by atoms with E-state index in [1.807, 2.05) is 0 Å². The smallest absolute Gasteiger partial charge is 0.387 e. The minimum Gasteiger partial charge on any atom is -0.434 e. The Hall–Kier alpha value is -1.73. The molecule has 1 fully saturated rings. The number of ether oxygens (including phenoxy) is 1. The van der Waals surface area contributed by atoms with Gasteiger partial charge in [0.2, 0.25) is 5.91 Å². The Morgan fingerprint density at radius 3 is 2.81 bits per heavy atom. The molecule has 1 amide bonds. The second kappa shape index (κ2) is 6.82. The molecule has 3 atom stereocenters. The fraction of sp³-hybridized carbons (Fsp3) is 0.500. The van der Waals surface area contributed by atoms with E-state index in [1.165, 1.54) is 6.07 Å². The van der Waals surface area contributed by atoms with Crippen LogP contribution in [-0.2, 0) is 4.79 Å². The van der Waals surface area contributed by atoms with Crippen molar-refractivity contribution in [2.75, 3.05) is 6.54 Å². The lowest BCUT2D eigenvalue weighted by Crippen LogP contribution is -2.41. The molecular formula is C14H18F2N2O3. The topological polar surface area (TPSA) is 70.6 Å². The van der Waals surface area contributed by atoms with E-state index in [1.54, 1.807) is 25.1 Å². The number of aliphatic hydroxyl groups excluding tert-OH is 1. The number of hydrogen-bond acceptors (Lipinski definition) is 4. The zero-order chi connectivity index (χ0) is 15.4. The van der Waals surface area contributed by atoms with Gasteiger partial charge in [-0.3, -0.25) is 4.79 Å². The first-order valence-corrected chi connectivity index (χ1v) is 6.73. The van der Waals surface area contributed by atoms with Crippen LogP contribution in [0.5, 0.6) is 5.75 Å². The largest absolute Gasteiger partial charge is 0.434 e. The Bertz CT molecular complexity index is 499. The average Bonchev–Trinajstić information content (AvgIpc) is 2.85. The average molecular weight is 300 g/mol. The number of para-hydroxylation sites is 1. The maximum atomic E-state index is 12.4. The van der Waals surface area contributed by atoms with E-state index in [2.05, 4.69) is 15.4 Å². The number of carbonyl (C=O) groups is 1. The highest BCUT2D eigenvalue weighted by Gasteiger charge is 2.29. The van der Waals surface area contributed by atoms with Gasteiger partial charge in [-0.25, -0.2) is 0 Å². The second-order valence-electron chi connectivity index (χ2n) is 5.00. The molecule has 0 aromatic heterocycles. The van der Waals surface area contributed by atoms with Crippen LogP contribution >= 0.6 is 0 Å². The van der Waals surface area contributed by atoms with Gasteiger partial charge in [0, 0.05) is 12.1 Å². The number of amides is 1. The van der Waals surface area contributed by atoms with Crippen molar-refractivity contribution in [3.05, 3.63) is 29.8 Å². The van der Waals surface area contributed by atoms with Crippen LogP contribution in [0, 0.1) is 0 Å². The molecule has 1 aliphatic heterocycles. The molecule has 0 radical (unpaired) electrons. The molecule has 0 spiro atoms. The lowest BCUT2D eigenvalue weighted by molar-refractivity contribution is -0.123. The standard InChI is InChI=1S/C14H18F2N2O3/c1-8(18-13(20)11-6-9(19)7-17-11)10-4-2-3-5-12(10)21-14(15)16/h2-5,8-9,11,14,17,19H,6-7H2,1H3,(H,18,20). The van der Waals surface area contributed by atoms with Gasteiger partial charge in [0.15, 0.2) is 0 Å². The van der Waals surface area contributed by atoms with E-state index in [4.69, 9.17) is 0 Å². The number of aliphatic hydroxyl groups is 1. The molecule has 1 heterocycles. The molecule has 0 aliphatic carbocycles. The minimum absolute atomic E-state index is 0.0414. The van der Waals surface area contributed by atoms with Crippen LogP contribution in [0.25, 0.3) is 0 Å². The van der Waals surface area contributed by atoms with E-state index < -0.39 is 24.8 Å². The van der Waals surface area contributed by atoms with Gasteiger partial charge in [0.05, 0.1) is 18.2 Å². The van der Waals surface area contributed by atoms with Crippen molar-refractivity contribution < 1.29 is 23.4 Å². The van der Waals surface area contributed by atoms with Crippen LogP contribution in [0.15, 0.2) is 24.3 Å². The van der Waals surface area contributed by atoms with Crippen LogP contribution in [0.4, 0.5) is 8.78 Å². The summed E-state index contributed by atoms with van der Waals surface area (Å²) in [6.45, 7) is -0.852. The van der Waals surface area contributed by atoms with Crippen molar-refractivity contribution in [1.29, 1.82) is 0 Å². The first kappa shape index (κ1) is 15.7. The summed E-state index contributed by atoms with van der Waals surface area (Å²) in [4.78, 5) is 12.0. The normalized spacial score (nSPS) is 23.1. The third-order valence-electron chi connectivity index (χ3n) is 3.38. The Morgan fingerprint density at radius 2 is 2.19 bits per heavy atom. The number of nitrogens with one attached hydrogen (secondary N) is 2. The van der Waals surface area contributed by atoms with Crippen LogP contribution in [0.3, 0.4) is 0 Å². The Balaban J connectivity index is 2.03. The molecular weight excluding hydrogens is 282 g/mol. The number of hydrogen-bond donors (Lipinski definition) is 3. The summed E-state index contributed by atoms with van der Waals surface area (Å²) in [5, 5.41) is 15.0. The molecule has 1 aliphatic rings. The van der Waals surface area contributed by atoms with E-state index in [-0.39, 0.29) is 11.7 Å². The second-order valence-corrected chi connectivity index (χ2v) is 5.00. The molecule has 2 rings (SSSR count). The van der Waals surface area contributed by atoms with E-state index in [0.29, 0.717) is 18.5 Å². The fourth-order valence-corrected chi connectivity index (χ4v) is 2.35. The molecule has 0 saturated carbocycles. The molecule has 3 N–H and O–H groups in total. The third kappa shape index (κ3) is 4.12. The number of benzene rings is 1. The molecule has 0 bridgehead atoms. The molecule has 5 nitrogen and oxygen atoms in total. The lowest BCUT2D eigenvalue weighted by atomic mass is 10.1. The molecule has 1 saturated heterocycles. The van der Waals surface area contributed by atoms with Crippen molar-refractivity contribution in [3.63, 3.8) is 0 Å². The summed E-state index contributed by atoms with van der Waals surface area (Å²) in [5.74, 6) is -0.231. The monoisotopic (exact) mass is 300 g/mol. The van der Waals surface area contributed by atoms with Gasteiger partial charge in [-0.2, -0.15) is 8.78 Å². The van der Waals surface area contributed by atoms with Crippen molar-refractivity contribution in [2.24, 2.45) is 0 Å². The zero-order valence-corrected chi connectivity index (χ0v) is 11.6. The van der Waals surface area contributed by atoms with Gasteiger partial charge in [-0.15, -0.1) is 0 Å². The highest BCUT2D eigenvalue weighted by atomic mass is 19.3. The van der Waals surface area contributed by atoms with E-state index >= 15 is 0 Å². The Kier molecular flexibility index (Phi) is 5.08. The van der Waals surface area contributed by atoms with Gasteiger partial charge in [0.25, 0.3) is 0 Å². The minimum atomic E-state index is -2.92. The van der Waals surface area contributed by atoms with Crippen LogP contribution in [0.1, 0.15) is 24.9 Å². The van der Waals surface area contributed by atoms with Crippen molar-refractivity contribution in [1.82, 2.24) is 10.6 Å². The summed E-state index contributed by atoms with van der Waals surface area (Å²) < 4.78 is 29.2. The predicted molar refractivity (Wildman–Crippen MR) is 72.0 cm³/mol. The molecule has 116 valence electrons. The summed E-state index contributed by atoms with van der Waals surface area (Å²) in [7, 11) is 0. The maximum Gasteiger partial charge on any atom is 0.387 e. The van der Waals surface area contributed by atoms with Gasteiger partial charge in [-0.1, -0.05) is 18.2 Å². The zero-order valence-electron chi connectivity index (χ0n) is 11.6. The Labute approximate surface area is 121 Å². The third-order valence-corrected chi connectivity index (χ3v) is 3.38. The molecule has 1 aromatic carbocycles. The van der Waals surface area contributed by atoms with Crippen LogP contribution in [-0.4, -0.2) is 36.3 Å². The molecule has 1 aromatic rings. The number of halogens is 2.